The summed E-state index contributed by atoms with van der Waals surface area (Å²) < 4.78 is 2.00. The minimum absolute atomic E-state index is 0.331. The number of benzene rings is 1. The molecule has 1 heterocycles. The minimum Gasteiger partial charge on any atom is -0.384 e. The summed E-state index contributed by atoms with van der Waals surface area (Å²) in [6, 6.07) is 5.63. The van der Waals surface area contributed by atoms with Gasteiger partial charge in [-0.25, -0.2) is 4.98 Å². The Morgan fingerprint density at radius 1 is 1.50 bits per heavy atom. The highest BCUT2D eigenvalue weighted by Crippen LogP contribution is 2.22. The fourth-order valence-corrected chi connectivity index (χ4v) is 1.92. The number of carbonyl (C=O) groups is 1. The van der Waals surface area contributed by atoms with Crippen LogP contribution in [0.15, 0.2) is 18.2 Å². The molecule has 0 saturated carbocycles. The number of rotatable bonds is 2. The predicted molar refractivity (Wildman–Crippen MR) is 70.5 cm³/mol. The summed E-state index contributed by atoms with van der Waals surface area (Å²) in [5.74, 6) is 0.591. The van der Waals surface area contributed by atoms with Gasteiger partial charge in [0, 0.05) is 19.8 Å². The van der Waals surface area contributed by atoms with E-state index >= 15 is 0 Å². The number of aromatic nitrogens is 2. The fourth-order valence-electron chi connectivity index (χ4n) is 1.92. The quantitative estimate of drug-likeness (QED) is 0.868. The molecule has 1 amide bonds. The van der Waals surface area contributed by atoms with E-state index in [1.54, 1.807) is 7.05 Å². The maximum Gasteiger partial charge on any atom is 0.255 e. The lowest BCUT2D eigenvalue weighted by Crippen LogP contribution is -2.34. The van der Waals surface area contributed by atoms with Gasteiger partial charge in [-0.15, -0.1) is 0 Å². The number of aliphatic hydroxyl groups is 1. The molecular weight excluding hydrogens is 230 g/mol. The smallest absolute Gasteiger partial charge is 0.255 e. The number of imidazole rings is 1. The zero-order valence-electron chi connectivity index (χ0n) is 11.0. The molecule has 18 heavy (non-hydrogen) atoms. The van der Waals surface area contributed by atoms with E-state index in [0.29, 0.717) is 0 Å². The Balaban J connectivity index is 2.44. The van der Waals surface area contributed by atoms with Crippen LogP contribution in [0.25, 0.3) is 11.0 Å². The summed E-state index contributed by atoms with van der Waals surface area (Å²) in [7, 11) is 3.60. The molecule has 5 heteroatoms. The van der Waals surface area contributed by atoms with Crippen LogP contribution in [0.1, 0.15) is 12.7 Å². The number of fused-ring (bicyclic) bond motifs is 1. The molecule has 2 rings (SSSR count). The number of hydrogen-bond acceptors (Lipinski definition) is 3. The second-order valence-corrected chi connectivity index (χ2v) is 4.46. The Bertz CT molecular complexity index is 602. The van der Waals surface area contributed by atoms with E-state index in [9.17, 15) is 9.90 Å². The van der Waals surface area contributed by atoms with Gasteiger partial charge in [-0.05, 0) is 32.0 Å². The van der Waals surface area contributed by atoms with Gasteiger partial charge >= 0.3 is 0 Å². The van der Waals surface area contributed by atoms with E-state index in [1.807, 2.05) is 36.7 Å². The van der Waals surface area contributed by atoms with Gasteiger partial charge in [0.2, 0.25) is 0 Å². The number of carbonyl (C=O) groups excluding carboxylic acids is 1. The normalized spacial score (nSPS) is 12.7. The van der Waals surface area contributed by atoms with Gasteiger partial charge in [0.05, 0.1) is 11.0 Å². The van der Waals surface area contributed by atoms with Gasteiger partial charge in [0.25, 0.3) is 5.91 Å². The van der Waals surface area contributed by atoms with Gasteiger partial charge in [-0.3, -0.25) is 4.79 Å². The lowest BCUT2D eigenvalue weighted by Gasteiger charge is -2.18. The molecule has 0 bridgehead atoms. The Hall–Kier alpha value is -1.88. The molecule has 2 aromatic rings. The Morgan fingerprint density at radius 2 is 2.17 bits per heavy atom. The van der Waals surface area contributed by atoms with Crippen molar-refractivity contribution in [1.29, 1.82) is 0 Å². The number of anilines is 1. The number of amides is 1. The Morgan fingerprint density at radius 3 is 2.78 bits per heavy atom. The molecule has 0 aliphatic rings. The summed E-state index contributed by atoms with van der Waals surface area (Å²) in [6.45, 7) is 3.40. The van der Waals surface area contributed by atoms with Gasteiger partial charge in [0.1, 0.15) is 11.9 Å². The highest BCUT2D eigenvalue weighted by molar-refractivity contribution is 5.97. The molecule has 1 aromatic heterocycles. The zero-order chi connectivity index (χ0) is 13.4. The first-order chi connectivity index (χ1) is 8.41. The molecule has 5 nitrogen and oxygen atoms in total. The number of aliphatic hydroxyl groups excluding tert-OH is 1. The fraction of sp³-hybridized carbons (Fsp3) is 0.385. The van der Waals surface area contributed by atoms with Crippen LogP contribution in [-0.2, 0) is 11.8 Å². The van der Waals surface area contributed by atoms with Crippen LogP contribution in [0.5, 0.6) is 0 Å². The van der Waals surface area contributed by atoms with Crippen LogP contribution in [0.3, 0.4) is 0 Å². The second kappa shape index (κ2) is 4.42. The van der Waals surface area contributed by atoms with Gasteiger partial charge < -0.3 is 14.6 Å². The van der Waals surface area contributed by atoms with Crippen LogP contribution in [-0.4, -0.2) is 33.7 Å². The molecule has 1 unspecified atom stereocenters. The summed E-state index contributed by atoms with van der Waals surface area (Å²) in [4.78, 5) is 17.6. The van der Waals surface area contributed by atoms with Crippen LogP contribution in [0.2, 0.25) is 0 Å². The number of nitrogens with zero attached hydrogens (tertiary/aromatic N) is 3. The van der Waals surface area contributed by atoms with E-state index in [-0.39, 0.29) is 5.91 Å². The third-order valence-corrected chi connectivity index (χ3v) is 3.16. The van der Waals surface area contributed by atoms with Crippen molar-refractivity contribution < 1.29 is 9.90 Å². The van der Waals surface area contributed by atoms with E-state index in [2.05, 4.69) is 4.98 Å². The number of aryl methyl sites for hydroxylation is 2. The predicted octanol–water partition coefficient (Wildman–Crippen LogP) is 1.23. The first-order valence-electron chi connectivity index (χ1n) is 5.80. The van der Waals surface area contributed by atoms with Crippen LogP contribution < -0.4 is 4.90 Å². The highest BCUT2D eigenvalue weighted by Gasteiger charge is 2.17. The van der Waals surface area contributed by atoms with Crippen LogP contribution in [0, 0.1) is 6.92 Å². The molecular formula is C13H17N3O2. The summed E-state index contributed by atoms with van der Waals surface area (Å²) in [5.41, 5.74) is 2.60. The molecule has 0 spiro atoms. The lowest BCUT2D eigenvalue weighted by atomic mass is 10.2. The molecule has 0 saturated heterocycles. The lowest BCUT2D eigenvalue weighted by molar-refractivity contribution is -0.125. The standard InChI is InChI=1S/C13H17N3O2/c1-8(17)13(18)16(4)10-5-6-12-11(7-10)14-9(2)15(12)3/h5-8,17H,1-4H3. The molecule has 0 aliphatic heterocycles. The van der Waals surface area contributed by atoms with Crippen molar-refractivity contribution in [2.45, 2.75) is 20.0 Å². The van der Waals surface area contributed by atoms with Crippen molar-refractivity contribution in [2.24, 2.45) is 7.05 Å². The third kappa shape index (κ3) is 1.97. The van der Waals surface area contributed by atoms with Gasteiger partial charge in [0.15, 0.2) is 0 Å². The van der Waals surface area contributed by atoms with Crippen molar-refractivity contribution in [1.82, 2.24) is 9.55 Å². The monoisotopic (exact) mass is 247 g/mol. The number of likely N-dealkylation sites (N-methyl/N-ethyl adjacent to an activating group) is 1. The largest absolute Gasteiger partial charge is 0.384 e. The van der Waals surface area contributed by atoms with Crippen molar-refractivity contribution >= 4 is 22.6 Å². The molecule has 1 atom stereocenters. The van der Waals surface area contributed by atoms with Crippen molar-refractivity contribution in [3.8, 4) is 0 Å². The zero-order valence-corrected chi connectivity index (χ0v) is 11.0. The van der Waals surface area contributed by atoms with Crippen molar-refractivity contribution in [3.63, 3.8) is 0 Å². The molecule has 96 valence electrons. The molecule has 0 radical (unpaired) electrons. The van der Waals surface area contributed by atoms with E-state index in [1.165, 1.54) is 11.8 Å². The Labute approximate surface area is 106 Å². The molecule has 1 N–H and O–H groups in total. The van der Waals surface area contributed by atoms with E-state index in [0.717, 1.165) is 22.5 Å². The average molecular weight is 247 g/mol. The molecule has 1 aromatic carbocycles. The second-order valence-electron chi connectivity index (χ2n) is 4.46. The van der Waals surface area contributed by atoms with Gasteiger partial charge in [-0.1, -0.05) is 0 Å². The maximum atomic E-state index is 11.7. The van der Waals surface area contributed by atoms with E-state index < -0.39 is 6.10 Å². The summed E-state index contributed by atoms with van der Waals surface area (Å²) >= 11 is 0. The topological polar surface area (TPSA) is 58.4 Å². The third-order valence-electron chi connectivity index (χ3n) is 3.16. The Kier molecular flexibility index (Phi) is 3.09. The highest BCUT2D eigenvalue weighted by atomic mass is 16.3. The van der Waals surface area contributed by atoms with Crippen molar-refractivity contribution in [3.05, 3.63) is 24.0 Å². The maximum absolute atomic E-state index is 11.7. The van der Waals surface area contributed by atoms with Crippen LogP contribution in [0.4, 0.5) is 5.69 Å². The van der Waals surface area contributed by atoms with Crippen LogP contribution >= 0.6 is 0 Å². The van der Waals surface area contributed by atoms with E-state index in [4.69, 9.17) is 0 Å². The average Bonchev–Trinajstić information content (AvgIpc) is 2.62. The molecule has 0 fully saturated rings. The SMILES string of the molecule is Cc1nc2cc(N(C)C(=O)C(C)O)ccc2n1C. The first kappa shape index (κ1) is 12.6. The van der Waals surface area contributed by atoms with Crippen molar-refractivity contribution in [2.75, 3.05) is 11.9 Å². The summed E-state index contributed by atoms with van der Waals surface area (Å²) in [6.07, 6.45) is -1.00. The summed E-state index contributed by atoms with van der Waals surface area (Å²) in [5, 5.41) is 9.30. The molecule has 0 aliphatic carbocycles. The minimum atomic E-state index is -1.00. The number of hydrogen-bond donors (Lipinski definition) is 1. The first-order valence-corrected chi connectivity index (χ1v) is 5.80. The van der Waals surface area contributed by atoms with Gasteiger partial charge in [-0.2, -0.15) is 0 Å².